The van der Waals surface area contributed by atoms with Crippen molar-refractivity contribution in [1.82, 2.24) is 0 Å². The highest BCUT2D eigenvalue weighted by Crippen LogP contribution is 2.34. The van der Waals surface area contributed by atoms with E-state index in [0.29, 0.717) is 20.9 Å². The van der Waals surface area contributed by atoms with E-state index >= 15 is 0 Å². The van der Waals surface area contributed by atoms with Gasteiger partial charge in [0, 0.05) is 10.5 Å². The maximum atomic E-state index is 11.7. The highest BCUT2D eigenvalue weighted by atomic mass is 79.9. The maximum absolute atomic E-state index is 11.7. The summed E-state index contributed by atoms with van der Waals surface area (Å²) >= 11 is 9.22. The molecule has 1 rings (SSSR count). The van der Waals surface area contributed by atoms with E-state index in [2.05, 4.69) is 21.2 Å². The molecule has 18 heavy (non-hydrogen) atoms. The molecule has 0 saturated carbocycles. The number of ether oxygens (including phenoxy) is 2. The first-order valence-electron chi connectivity index (χ1n) is 5.26. The van der Waals surface area contributed by atoms with Gasteiger partial charge >= 0.3 is 6.09 Å². The van der Waals surface area contributed by atoms with Gasteiger partial charge in [-0.2, -0.15) is 0 Å². The fourth-order valence-electron chi connectivity index (χ4n) is 1.21. The van der Waals surface area contributed by atoms with Crippen LogP contribution in [-0.4, -0.2) is 18.8 Å². The van der Waals surface area contributed by atoms with E-state index in [0.717, 1.165) is 0 Å². The lowest BCUT2D eigenvalue weighted by Crippen LogP contribution is -2.27. The lowest BCUT2D eigenvalue weighted by molar-refractivity contribution is 0.0635. The number of nitrogens with one attached hydrogen (secondary N) is 1. The van der Waals surface area contributed by atoms with Gasteiger partial charge in [-0.05, 0) is 42.8 Å². The number of benzene rings is 1. The molecule has 1 aromatic rings. The van der Waals surface area contributed by atoms with Gasteiger partial charge in [0.2, 0.25) is 0 Å². The number of hydrogen-bond acceptors (Lipinski definition) is 3. The molecule has 1 aromatic carbocycles. The van der Waals surface area contributed by atoms with Crippen molar-refractivity contribution in [2.75, 3.05) is 12.4 Å². The molecule has 0 radical (unpaired) electrons. The molecular weight excluding hydrogens is 321 g/mol. The number of carbonyl (C=O) groups is 1. The Morgan fingerprint density at radius 2 is 2.00 bits per heavy atom. The van der Waals surface area contributed by atoms with Gasteiger partial charge in [0.1, 0.15) is 11.4 Å². The highest BCUT2D eigenvalue weighted by molar-refractivity contribution is 9.10. The Morgan fingerprint density at radius 3 is 2.50 bits per heavy atom. The molecule has 0 aliphatic heterocycles. The first kappa shape index (κ1) is 15.1. The lowest BCUT2D eigenvalue weighted by Gasteiger charge is -2.20. The summed E-state index contributed by atoms with van der Waals surface area (Å²) in [6, 6.07) is 3.27. The molecule has 0 atom stereocenters. The third-order valence-electron chi connectivity index (χ3n) is 1.88. The summed E-state index contributed by atoms with van der Waals surface area (Å²) in [7, 11) is 1.50. The zero-order valence-corrected chi connectivity index (χ0v) is 13.0. The minimum absolute atomic E-state index is 0.467. The first-order valence-corrected chi connectivity index (χ1v) is 6.43. The molecule has 0 aromatic heterocycles. The summed E-state index contributed by atoms with van der Waals surface area (Å²) < 4.78 is 11.0. The molecule has 0 saturated heterocycles. The van der Waals surface area contributed by atoms with Gasteiger partial charge in [0.15, 0.2) is 0 Å². The maximum Gasteiger partial charge on any atom is 0.412 e. The van der Waals surface area contributed by atoms with E-state index in [9.17, 15) is 4.79 Å². The van der Waals surface area contributed by atoms with Crippen LogP contribution in [0.4, 0.5) is 10.5 Å². The van der Waals surface area contributed by atoms with Crippen LogP contribution in [-0.2, 0) is 4.74 Å². The van der Waals surface area contributed by atoms with Crippen LogP contribution in [0.5, 0.6) is 5.75 Å². The predicted octanol–water partition coefficient (Wildman–Crippen LogP) is 4.46. The van der Waals surface area contributed by atoms with Gasteiger partial charge < -0.3 is 9.47 Å². The molecule has 0 spiro atoms. The van der Waals surface area contributed by atoms with Crippen LogP contribution >= 0.6 is 27.5 Å². The molecule has 0 bridgehead atoms. The van der Waals surface area contributed by atoms with Crippen molar-refractivity contribution in [3.63, 3.8) is 0 Å². The molecule has 0 aliphatic carbocycles. The molecule has 1 amide bonds. The van der Waals surface area contributed by atoms with E-state index in [1.54, 1.807) is 32.9 Å². The SMILES string of the molecule is COc1cc(Cl)c(Br)cc1NC(=O)OC(C)(C)C. The van der Waals surface area contributed by atoms with Crippen LogP contribution in [0.1, 0.15) is 20.8 Å². The third kappa shape index (κ3) is 4.38. The zero-order valence-electron chi connectivity index (χ0n) is 10.6. The summed E-state index contributed by atoms with van der Waals surface area (Å²) in [4.78, 5) is 11.7. The Labute approximate surface area is 120 Å². The molecule has 100 valence electrons. The summed E-state index contributed by atoms with van der Waals surface area (Å²) in [5.74, 6) is 0.467. The summed E-state index contributed by atoms with van der Waals surface area (Å²) in [6.45, 7) is 5.38. The largest absolute Gasteiger partial charge is 0.495 e. The van der Waals surface area contributed by atoms with Crippen LogP contribution in [0.15, 0.2) is 16.6 Å². The van der Waals surface area contributed by atoms with Crippen molar-refractivity contribution in [3.8, 4) is 5.75 Å². The molecule has 0 fully saturated rings. The molecule has 4 nitrogen and oxygen atoms in total. The fraction of sp³-hybridized carbons (Fsp3) is 0.417. The van der Waals surface area contributed by atoms with Crippen molar-refractivity contribution in [3.05, 3.63) is 21.6 Å². The minimum Gasteiger partial charge on any atom is -0.495 e. The number of rotatable bonds is 2. The quantitative estimate of drug-likeness (QED) is 0.867. The summed E-state index contributed by atoms with van der Waals surface area (Å²) in [6.07, 6.45) is -0.546. The van der Waals surface area contributed by atoms with Crippen molar-refractivity contribution in [2.45, 2.75) is 26.4 Å². The molecule has 0 heterocycles. The average Bonchev–Trinajstić information content (AvgIpc) is 2.20. The van der Waals surface area contributed by atoms with Gasteiger partial charge in [0.05, 0.1) is 17.8 Å². The lowest BCUT2D eigenvalue weighted by atomic mass is 10.2. The third-order valence-corrected chi connectivity index (χ3v) is 3.08. The Bertz CT molecular complexity index is 457. The van der Waals surface area contributed by atoms with E-state index in [4.69, 9.17) is 21.1 Å². The Kier molecular flexibility index (Phi) is 4.87. The Hall–Kier alpha value is -0.940. The average molecular weight is 337 g/mol. The fourth-order valence-corrected chi connectivity index (χ4v) is 1.71. The van der Waals surface area contributed by atoms with Crippen LogP contribution in [0.25, 0.3) is 0 Å². The van der Waals surface area contributed by atoms with Crippen molar-refractivity contribution < 1.29 is 14.3 Å². The normalized spacial score (nSPS) is 11.0. The molecule has 0 aliphatic rings. The number of methoxy groups -OCH3 is 1. The van der Waals surface area contributed by atoms with Crippen LogP contribution in [0.2, 0.25) is 5.02 Å². The minimum atomic E-state index is -0.555. The smallest absolute Gasteiger partial charge is 0.412 e. The zero-order chi connectivity index (χ0) is 13.9. The van der Waals surface area contributed by atoms with E-state index in [-0.39, 0.29) is 0 Å². The van der Waals surface area contributed by atoms with Gasteiger partial charge in [0.25, 0.3) is 0 Å². The second kappa shape index (κ2) is 5.80. The first-order chi connectivity index (χ1) is 8.23. The van der Waals surface area contributed by atoms with Gasteiger partial charge in [-0.15, -0.1) is 0 Å². The number of halogens is 2. The van der Waals surface area contributed by atoms with Gasteiger partial charge in [-0.1, -0.05) is 11.6 Å². The van der Waals surface area contributed by atoms with Gasteiger partial charge in [-0.25, -0.2) is 4.79 Å². The number of anilines is 1. The highest BCUT2D eigenvalue weighted by Gasteiger charge is 2.18. The second-order valence-corrected chi connectivity index (χ2v) is 5.86. The Morgan fingerprint density at radius 1 is 1.39 bits per heavy atom. The molecule has 1 N–H and O–H groups in total. The second-order valence-electron chi connectivity index (χ2n) is 4.59. The number of hydrogen-bond donors (Lipinski definition) is 1. The molecule has 0 unspecified atom stereocenters. The predicted molar refractivity (Wildman–Crippen MR) is 75.6 cm³/mol. The summed E-state index contributed by atoms with van der Waals surface area (Å²) in [5, 5.41) is 3.11. The topological polar surface area (TPSA) is 47.6 Å². The van der Waals surface area contributed by atoms with Gasteiger partial charge in [-0.3, -0.25) is 5.32 Å². The van der Waals surface area contributed by atoms with Crippen LogP contribution in [0, 0.1) is 0 Å². The van der Waals surface area contributed by atoms with Crippen molar-refractivity contribution >= 4 is 39.3 Å². The van der Waals surface area contributed by atoms with E-state index < -0.39 is 11.7 Å². The van der Waals surface area contributed by atoms with Crippen LogP contribution in [0.3, 0.4) is 0 Å². The van der Waals surface area contributed by atoms with Crippen LogP contribution < -0.4 is 10.1 Å². The number of carbonyl (C=O) groups excluding carboxylic acids is 1. The monoisotopic (exact) mass is 335 g/mol. The molecule has 6 heteroatoms. The Balaban J connectivity index is 2.90. The van der Waals surface area contributed by atoms with Crippen molar-refractivity contribution in [1.29, 1.82) is 0 Å². The molecular formula is C12H15BrClNO3. The van der Waals surface area contributed by atoms with E-state index in [1.807, 2.05) is 0 Å². The number of amides is 1. The van der Waals surface area contributed by atoms with E-state index in [1.165, 1.54) is 7.11 Å². The van der Waals surface area contributed by atoms with Crippen molar-refractivity contribution in [2.24, 2.45) is 0 Å². The summed E-state index contributed by atoms with van der Waals surface area (Å²) in [5.41, 5.74) is -0.0657. The standard InChI is InChI=1S/C12H15BrClNO3/c1-12(2,3)18-11(16)15-9-5-7(13)8(14)6-10(9)17-4/h5-6H,1-4H3,(H,15,16).